The first-order valence-electron chi connectivity index (χ1n) is 10.9. The Kier molecular flexibility index (Phi) is 6.65. The number of carbonyl (C=O) groups is 2. The van der Waals surface area contributed by atoms with E-state index in [2.05, 4.69) is 39.1 Å². The first-order chi connectivity index (χ1) is 16.0. The monoisotopic (exact) mass is 445 g/mol. The van der Waals surface area contributed by atoms with E-state index in [4.69, 9.17) is 4.74 Å². The highest BCUT2D eigenvalue weighted by atomic mass is 16.5. The van der Waals surface area contributed by atoms with Crippen molar-refractivity contribution in [2.24, 2.45) is 0 Å². The highest BCUT2D eigenvalue weighted by Gasteiger charge is 2.20. The molecule has 1 fully saturated rings. The average Bonchev–Trinajstić information content (AvgIpc) is 2.85. The Morgan fingerprint density at radius 3 is 2.67 bits per heavy atom. The van der Waals surface area contributed by atoms with Crippen molar-refractivity contribution in [1.29, 1.82) is 0 Å². The number of aromatic nitrogens is 2. The highest BCUT2D eigenvalue weighted by molar-refractivity contribution is 6.08. The van der Waals surface area contributed by atoms with Gasteiger partial charge >= 0.3 is 0 Å². The van der Waals surface area contributed by atoms with Gasteiger partial charge in [-0.3, -0.25) is 9.59 Å². The van der Waals surface area contributed by atoms with Crippen LogP contribution in [0.25, 0.3) is 22.2 Å². The van der Waals surface area contributed by atoms with Crippen molar-refractivity contribution in [3.63, 3.8) is 0 Å². The third kappa shape index (κ3) is 5.01. The predicted octanol–water partition coefficient (Wildman–Crippen LogP) is 3.25. The van der Waals surface area contributed by atoms with Crippen molar-refractivity contribution >= 4 is 28.3 Å². The van der Waals surface area contributed by atoms with E-state index >= 15 is 0 Å². The summed E-state index contributed by atoms with van der Waals surface area (Å²) < 4.78 is 5.44. The molecule has 1 aliphatic rings. The van der Waals surface area contributed by atoms with Gasteiger partial charge in [0.05, 0.1) is 12.8 Å². The summed E-state index contributed by atoms with van der Waals surface area (Å²) >= 11 is 0. The van der Waals surface area contributed by atoms with E-state index in [1.54, 1.807) is 25.4 Å². The van der Waals surface area contributed by atoms with Gasteiger partial charge in [-0.05, 0) is 62.6 Å². The number of nitrogens with one attached hydrogen (secondary N) is 2. The molecule has 3 aromatic rings. The van der Waals surface area contributed by atoms with Gasteiger partial charge in [0.2, 0.25) is 5.91 Å². The maximum atomic E-state index is 12.8. The number of nitrogens with zero attached hydrogens (tertiary/aromatic N) is 3. The molecule has 0 atom stereocenters. The third-order valence-electron chi connectivity index (χ3n) is 5.84. The largest absolute Gasteiger partial charge is 0.495 e. The molecule has 33 heavy (non-hydrogen) atoms. The quantitative estimate of drug-likeness (QED) is 0.566. The lowest BCUT2D eigenvalue weighted by molar-refractivity contribution is -0.111. The number of fused-ring (bicyclic) bond motifs is 1. The van der Waals surface area contributed by atoms with Gasteiger partial charge in [0.15, 0.2) is 5.82 Å². The van der Waals surface area contributed by atoms with Gasteiger partial charge in [0.25, 0.3) is 5.91 Å². The van der Waals surface area contributed by atoms with Gasteiger partial charge < -0.3 is 20.3 Å². The van der Waals surface area contributed by atoms with Crippen LogP contribution in [-0.4, -0.2) is 60.0 Å². The molecule has 8 nitrogen and oxygen atoms in total. The summed E-state index contributed by atoms with van der Waals surface area (Å²) in [6, 6.07) is 11.2. The summed E-state index contributed by atoms with van der Waals surface area (Å²) in [5, 5.41) is 7.59. The summed E-state index contributed by atoms with van der Waals surface area (Å²) in [6.07, 6.45) is 4.64. The van der Waals surface area contributed by atoms with Gasteiger partial charge in [-0.1, -0.05) is 24.8 Å². The molecule has 2 aromatic carbocycles. The number of benzene rings is 2. The Labute approximate surface area is 192 Å². The van der Waals surface area contributed by atoms with Gasteiger partial charge in [-0.2, -0.15) is 0 Å². The average molecular weight is 446 g/mol. The minimum atomic E-state index is -0.338. The van der Waals surface area contributed by atoms with E-state index in [1.165, 1.54) is 6.08 Å². The van der Waals surface area contributed by atoms with Crippen molar-refractivity contribution in [2.45, 2.75) is 18.9 Å². The van der Waals surface area contributed by atoms with Crippen LogP contribution in [0, 0.1) is 0 Å². The van der Waals surface area contributed by atoms with Crippen molar-refractivity contribution in [3.8, 4) is 17.1 Å². The molecule has 0 aliphatic carbocycles. The first kappa shape index (κ1) is 22.4. The van der Waals surface area contributed by atoms with E-state index in [0.717, 1.165) is 42.3 Å². The lowest BCUT2D eigenvalue weighted by Crippen LogP contribution is -2.43. The van der Waals surface area contributed by atoms with E-state index in [1.807, 2.05) is 24.3 Å². The first-order valence-corrected chi connectivity index (χ1v) is 10.9. The molecule has 0 saturated carbocycles. The molecule has 0 spiro atoms. The molecule has 2 N–H and O–H groups in total. The number of rotatable bonds is 6. The number of carbonyl (C=O) groups excluding carboxylic acids is 2. The normalized spacial score (nSPS) is 14.6. The van der Waals surface area contributed by atoms with E-state index in [-0.39, 0.29) is 17.9 Å². The molecule has 8 heteroatoms. The minimum Gasteiger partial charge on any atom is -0.495 e. The second-order valence-corrected chi connectivity index (χ2v) is 8.09. The SMILES string of the molecule is C=CC(=O)Nc1c(OC)ccc2ccc(-c3nccc(C(=O)NC4CCN(C)CC4)n3)cc12. The smallest absolute Gasteiger partial charge is 0.270 e. The van der Waals surface area contributed by atoms with Gasteiger partial charge in [-0.15, -0.1) is 0 Å². The van der Waals surface area contributed by atoms with Crippen LogP contribution in [0.15, 0.2) is 55.3 Å². The molecular weight excluding hydrogens is 418 g/mol. The van der Waals surface area contributed by atoms with Gasteiger partial charge in [0.1, 0.15) is 11.4 Å². The van der Waals surface area contributed by atoms with Gasteiger partial charge in [-0.25, -0.2) is 9.97 Å². The number of likely N-dealkylation sites (tertiary alicyclic amines) is 1. The lowest BCUT2D eigenvalue weighted by Gasteiger charge is -2.29. The molecular formula is C25H27N5O3. The Bertz CT molecular complexity index is 1200. The Morgan fingerprint density at radius 1 is 1.18 bits per heavy atom. The zero-order chi connectivity index (χ0) is 23.4. The maximum Gasteiger partial charge on any atom is 0.270 e. The van der Waals surface area contributed by atoms with Crippen molar-refractivity contribution in [2.75, 3.05) is 32.6 Å². The summed E-state index contributed by atoms with van der Waals surface area (Å²) in [7, 11) is 3.63. The molecule has 2 amide bonds. The summed E-state index contributed by atoms with van der Waals surface area (Å²) in [4.78, 5) is 35.9. The molecule has 0 radical (unpaired) electrons. The molecule has 0 unspecified atom stereocenters. The molecule has 2 heterocycles. The Hall–Kier alpha value is -3.78. The molecule has 4 rings (SSSR count). The Balaban J connectivity index is 1.64. The Morgan fingerprint density at radius 2 is 1.94 bits per heavy atom. The topological polar surface area (TPSA) is 96.4 Å². The zero-order valence-corrected chi connectivity index (χ0v) is 18.8. The fraction of sp³-hybridized carbons (Fsp3) is 0.280. The fourth-order valence-corrected chi connectivity index (χ4v) is 3.95. The summed E-state index contributed by atoms with van der Waals surface area (Å²) in [5.74, 6) is 0.420. The van der Waals surface area contributed by atoms with Crippen LogP contribution >= 0.6 is 0 Å². The molecule has 1 aliphatic heterocycles. The fourth-order valence-electron chi connectivity index (χ4n) is 3.95. The van der Waals surface area contributed by atoms with Crippen LogP contribution in [0.2, 0.25) is 0 Å². The number of anilines is 1. The zero-order valence-electron chi connectivity index (χ0n) is 18.8. The van der Waals surface area contributed by atoms with Crippen LogP contribution in [0.3, 0.4) is 0 Å². The second kappa shape index (κ2) is 9.79. The van der Waals surface area contributed by atoms with Crippen LogP contribution in [0.4, 0.5) is 5.69 Å². The van der Waals surface area contributed by atoms with E-state index < -0.39 is 0 Å². The van der Waals surface area contributed by atoms with Gasteiger partial charge in [0, 0.05) is 23.2 Å². The number of piperidine rings is 1. The van der Waals surface area contributed by atoms with E-state index in [0.29, 0.717) is 23.0 Å². The molecule has 1 aromatic heterocycles. The summed E-state index contributed by atoms with van der Waals surface area (Å²) in [6.45, 7) is 5.44. The lowest BCUT2D eigenvalue weighted by atomic mass is 10.0. The van der Waals surface area contributed by atoms with Crippen LogP contribution in [0.5, 0.6) is 5.75 Å². The van der Waals surface area contributed by atoms with Crippen molar-refractivity contribution in [1.82, 2.24) is 20.2 Å². The molecule has 170 valence electrons. The number of hydrogen-bond donors (Lipinski definition) is 2. The molecule has 1 saturated heterocycles. The maximum absolute atomic E-state index is 12.8. The number of hydrogen-bond acceptors (Lipinski definition) is 6. The number of ether oxygens (including phenoxy) is 1. The third-order valence-corrected chi connectivity index (χ3v) is 5.84. The minimum absolute atomic E-state index is 0.149. The van der Waals surface area contributed by atoms with E-state index in [9.17, 15) is 9.59 Å². The van der Waals surface area contributed by atoms with Crippen LogP contribution in [-0.2, 0) is 4.79 Å². The van der Waals surface area contributed by atoms with Crippen LogP contribution < -0.4 is 15.4 Å². The predicted molar refractivity (Wildman–Crippen MR) is 128 cm³/mol. The molecule has 0 bridgehead atoms. The summed E-state index contributed by atoms with van der Waals surface area (Å²) in [5.41, 5.74) is 1.58. The highest BCUT2D eigenvalue weighted by Crippen LogP contribution is 2.35. The van der Waals surface area contributed by atoms with Crippen molar-refractivity contribution < 1.29 is 14.3 Å². The second-order valence-electron chi connectivity index (χ2n) is 8.09. The number of amides is 2. The van der Waals surface area contributed by atoms with Crippen LogP contribution in [0.1, 0.15) is 23.3 Å². The van der Waals surface area contributed by atoms with Crippen molar-refractivity contribution in [3.05, 3.63) is 60.9 Å². The standard InChI is InChI=1S/C25H27N5O3/c1-4-22(31)29-23-19-15-17(6-5-16(19)7-8-21(23)33-3)24-26-12-9-20(28-24)25(32)27-18-10-13-30(2)14-11-18/h4-9,12,15,18H,1,10-11,13-14H2,2-3H3,(H,27,32)(H,29,31). The number of methoxy groups -OCH3 is 1.